The van der Waals surface area contributed by atoms with E-state index in [0.29, 0.717) is 35.8 Å². The summed E-state index contributed by atoms with van der Waals surface area (Å²) in [5.74, 6) is 0.333. The van der Waals surface area contributed by atoms with E-state index in [2.05, 4.69) is 20.9 Å². The SMILES string of the molecule is CN(C)CCNC(=O)C1=CN/C(=C(\C(=N)N)c2ccccn2)NC1. The molecule has 24 heavy (non-hydrogen) atoms. The highest BCUT2D eigenvalue weighted by molar-refractivity contribution is 6.20. The molecule has 1 aromatic heterocycles. The monoisotopic (exact) mass is 329 g/mol. The summed E-state index contributed by atoms with van der Waals surface area (Å²) >= 11 is 0. The first-order chi connectivity index (χ1) is 11.5. The van der Waals surface area contributed by atoms with Crippen LogP contribution in [0.5, 0.6) is 0 Å². The fourth-order valence-corrected chi connectivity index (χ4v) is 2.17. The number of hydrogen-bond donors (Lipinski definition) is 5. The molecule has 1 aromatic rings. The highest BCUT2D eigenvalue weighted by Crippen LogP contribution is 2.15. The summed E-state index contributed by atoms with van der Waals surface area (Å²) in [6.07, 6.45) is 3.27. The number of nitrogens with one attached hydrogen (secondary N) is 4. The Labute approximate surface area is 141 Å². The summed E-state index contributed by atoms with van der Waals surface area (Å²) in [4.78, 5) is 18.3. The highest BCUT2D eigenvalue weighted by atomic mass is 16.1. The van der Waals surface area contributed by atoms with Gasteiger partial charge in [-0.15, -0.1) is 0 Å². The number of carbonyl (C=O) groups excluding carboxylic acids is 1. The predicted molar refractivity (Wildman–Crippen MR) is 93.9 cm³/mol. The molecule has 1 amide bonds. The van der Waals surface area contributed by atoms with E-state index in [1.54, 1.807) is 24.5 Å². The highest BCUT2D eigenvalue weighted by Gasteiger charge is 2.19. The number of likely N-dealkylation sites (N-methyl/N-ethyl adjacent to an activating group) is 1. The normalized spacial score (nSPS) is 15.9. The third-order valence-corrected chi connectivity index (χ3v) is 3.42. The zero-order chi connectivity index (χ0) is 17.5. The maximum atomic E-state index is 12.1. The molecule has 0 fully saturated rings. The number of hydrogen-bond acceptors (Lipinski definition) is 6. The van der Waals surface area contributed by atoms with E-state index in [0.717, 1.165) is 6.54 Å². The second-order valence-electron chi connectivity index (χ2n) is 5.61. The van der Waals surface area contributed by atoms with Gasteiger partial charge in [-0.05, 0) is 26.2 Å². The number of amides is 1. The molecule has 0 unspecified atom stereocenters. The molecule has 0 spiro atoms. The van der Waals surface area contributed by atoms with Gasteiger partial charge in [0.25, 0.3) is 5.91 Å². The lowest BCUT2D eigenvalue weighted by Crippen LogP contribution is -2.40. The first-order valence-corrected chi connectivity index (χ1v) is 7.61. The van der Waals surface area contributed by atoms with E-state index in [1.165, 1.54) is 0 Å². The van der Waals surface area contributed by atoms with Crippen LogP contribution >= 0.6 is 0 Å². The lowest BCUT2D eigenvalue weighted by molar-refractivity contribution is -0.117. The van der Waals surface area contributed by atoms with Crippen molar-refractivity contribution in [2.24, 2.45) is 5.73 Å². The van der Waals surface area contributed by atoms with Gasteiger partial charge in [0.2, 0.25) is 0 Å². The number of carbonyl (C=O) groups is 1. The van der Waals surface area contributed by atoms with Gasteiger partial charge < -0.3 is 26.6 Å². The van der Waals surface area contributed by atoms with Crippen LogP contribution in [0, 0.1) is 5.41 Å². The smallest absolute Gasteiger partial charge is 0.250 e. The van der Waals surface area contributed by atoms with Crippen molar-refractivity contribution in [3.8, 4) is 0 Å². The molecule has 0 radical (unpaired) electrons. The van der Waals surface area contributed by atoms with Gasteiger partial charge in [0.15, 0.2) is 0 Å². The maximum absolute atomic E-state index is 12.1. The zero-order valence-corrected chi connectivity index (χ0v) is 13.9. The van der Waals surface area contributed by atoms with E-state index in [9.17, 15) is 4.79 Å². The van der Waals surface area contributed by atoms with Crippen LogP contribution in [0.4, 0.5) is 0 Å². The fourth-order valence-electron chi connectivity index (χ4n) is 2.17. The first-order valence-electron chi connectivity index (χ1n) is 7.61. The Morgan fingerprint density at radius 3 is 2.79 bits per heavy atom. The Morgan fingerprint density at radius 1 is 1.46 bits per heavy atom. The molecule has 2 rings (SSSR count). The van der Waals surface area contributed by atoms with Crippen molar-refractivity contribution in [3.05, 3.63) is 47.7 Å². The Kier molecular flexibility index (Phi) is 5.91. The van der Waals surface area contributed by atoms with Crippen molar-refractivity contribution in [2.45, 2.75) is 0 Å². The zero-order valence-electron chi connectivity index (χ0n) is 13.9. The average molecular weight is 329 g/mol. The van der Waals surface area contributed by atoms with Crippen molar-refractivity contribution in [1.29, 1.82) is 5.41 Å². The van der Waals surface area contributed by atoms with Crippen LogP contribution in [0.15, 0.2) is 42.0 Å². The molecule has 0 aliphatic carbocycles. The quantitative estimate of drug-likeness (QED) is 0.353. The molecular formula is C16H23N7O. The molecule has 6 N–H and O–H groups in total. The molecule has 0 aromatic carbocycles. The third kappa shape index (κ3) is 4.56. The molecule has 128 valence electrons. The van der Waals surface area contributed by atoms with Crippen LogP contribution in [0.1, 0.15) is 5.69 Å². The van der Waals surface area contributed by atoms with Crippen molar-refractivity contribution in [3.63, 3.8) is 0 Å². The molecule has 8 nitrogen and oxygen atoms in total. The van der Waals surface area contributed by atoms with E-state index in [-0.39, 0.29) is 11.7 Å². The number of aromatic nitrogens is 1. The molecule has 0 bridgehead atoms. The summed E-state index contributed by atoms with van der Waals surface area (Å²) in [5, 5.41) is 16.7. The van der Waals surface area contributed by atoms with Crippen LogP contribution < -0.4 is 21.7 Å². The van der Waals surface area contributed by atoms with Gasteiger partial charge in [-0.1, -0.05) is 6.07 Å². The molecule has 0 saturated heterocycles. The van der Waals surface area contributed by atoms with Crippen molar-refractivity contribution in [2.75, 3.05) is 33.7 Å². The Hall–Kier alpha value is -2.87. The number of pyridine rings is 1. The number of rotatable bonds is 6. The lowest BCUT2D eigenvalue weighted by atomic mass is 10.1. The van der Waals surface area contributed by atoms with Gasteiger partial charge >= 0.3 is 0 Å². The molecule has 0 atom stereocenters. The van der Waals surface area contributed by atoms with E-state index in [4.69, 9.17) is 11.1 Å². The van der Waals surface area contributed by atoms with Crippen LogP contribution in [-0.4, -0.2) is 55.4 Å². The largest absolute Gasteiger partial charge is 0.384 e. The van der Waals surface area contributed by atoms with Crippen LogP contribution in [0.3, 0.4) is 0 Å². The maximum Gasteiger partial charge on any atom is 0.250 e. The molecule has 1 aliphatic heterocycles. The Bertz CT molecular complexity index is 664. The Balaban J connectivity index is 2.09. The third-order valence-electron chi connectivity index (χ3n) is 3.42. The minimum atomic E-state index is -0.127. The molecular weight excluding hydrogens is 306 g/mol. The second-order valence-corrected chi connectivity index (χ2v) is 5.61. The number of amidine groups is 1. The van der Waals surface area contributed by atoms with E-state index >= 15 is 0 Å². The summed E-state index contributed by atoms with van der Waals surface area (Å²) < 4.78 is 0. The topological polar surface area (TPSA) is 119 Å². The van der Waals surface area contributed by atoms with Gasteiger partial charge in [-0.25, -0.2) is 0 Å². The standard InChI is InChI=1S/C16H23N7O/c1-23(2)8-7-20-16(24)11-9-21-15(22-10-11)13(14(17)18)12-5-3-4-6-19-12/h3-6,9,21-22H,7-8,10H2,1-2H3,(H3,17,18)(H,20,24)/b15-13+. The summed E-state index contributed by atoms with van der Waals surface area (Å²) in [6, 6.07) is 5.40. The summed E-state index contributed by atoms with van der Waals surface area (Å²) in [7, 11) is 3.90. The molecule has 8 heteroatoms. The molecule has 1 aliphatic rings. The minimum Gasteiger partial charge on any atom is -0.384 e. The second kappa shape index (κ2) is 8.11. The summed E-state index contributed by atoms with van der Waals surface area (Å²) in [6.45, 7) is 1.71. The number of nitrogens with zero attached hydrogens (tertiary/aromatic N) is 2. The van der Waals surface area contributed by atoms with E-state index in [1.807, 2.05) is 25.1 Å². The van der Waals surface area contributed by atoms with Gasteiger partial charge in [-0.2, -0.15) is 0 Å². The van der Waals surface area contributed by atoms with Crippen molar-refractivity contribution in [1.82, 2.24) is 25.8 Å². The van der Waals surface area contributed by atoms with E-state index < -0.39 is 0 Å². The first kappa shape index (κ1) is 17.5. The van der Waals surface area contributed by atoms with Crippen molar-refractivity contribution < 1.29 is 4.79 Å². The summed E-state index contributed by atoms with van der Waals surface area (Å²) in [5.41, 5.74) is 7.33. The average Bonchev–Trinajstić information content (AvgIpc) is 2.56. The van der Waals surface area contributed by atoms with Crippen LogP contribution in [0.25, 0.3) is 5.57 Å². The fraction of sp³-hybridized carbons (Fsp3) is 0.312. The lowest BCUT2D eigenvalue weighted by Gasteiger charge is -2.22. The van der Waals surface area contributed by atoms with Gasteiger partial charge in [0, 0.05) is 32.0 Å². The van der Waals surface area contributed by atoms with Crippen molar-refractivity contribution >= 4 is 17.3 Å². The van der Waals surface area contributed by atoms with Gasteiger partial charge in [0.05, 0.1) is 16.8 Å². The van der Waals surface area contributed by atoms with Crippen LogP contribution in [0.2, 0.25) is 0 Å². The molecule has 0 saturated carbocycles. The van der Waals surface area contributed by atoms with Gasteiger partial charge in [-0.3, -0.25) is 15.2 Å². The molecule has 2 heterocycles. The minimum absolute atomic E-state index is 0.101. The van der Waals surface area contributed by atoms with Crippen LogP contribution in [-0.2, 0) is 4.79 Å². The predicted octanol–water partition coefficient (Wildman–Crippen LogP) is -0.559. The number of nitrogens with two attached hydrogens (primary N) is 1. The Morgan fingerprint density at radius 2 is 2.25 bits per heavy atom. The van der Waals surface area contributed by atoms with Gasteiger partial charge in [0.1, 0.15) is 11.7 Å².